The zero-order valence-electron chi connectivity index (χ0n) is 16.5. The molecule has 2 amide bonds. The molecule has 0 spiro atoms. The van der Waals surface area contributed by atoms with Crippen molar-refractivity contribution in [1.29, 1.82) is 0 Å². The molecule has 0 radical (unpaired) electrons. The Morgan fingerprint density at radius 2 is 1.04 bits per heavy atom. The van der Waals surface area contributed by atoms with Crippen LogP contribution in [0, 0.1) is 13.8 Å². The van der Waals surface area contributed by atoms with E-state index in [2.05, 4.69) is 30.2 Å². The van der Waals surface area contributed by atoms with Gasteiger partial charge < -0.3 is 19.6 Å². The molecule has 0 saturated carbocycles. The topological polar surface area (TPSA) is 81.6 Å². The lowest BCUT2D eigenvalue weighted by atomic mass is 10.3. The van der Waals surface area contributed by atoms with Crippen LogP contribution in [0.15, 0.2) is 24.3 Å². The first-order chi connectivity index (χ1) is 13.6. The van der Waals surface area contributed by atoms with E-state index in [1.807, 2.05) is 47.9 Å². The molecule has 28 heavy (non-hydrogen) atoms. The number of aromatic nitrogens is 4. The van der Waals surface area contributed by atoms with E-state index >= 15 is 0 Å². The molecule has 9 nitrogen and oxygen atoms in total. The number of piperazine rings is 2. The van der Waals surface area contributed by atoms with E-state index in [0.717, 1.165) is 49.2 Å². The standard InChI is InChI=1S/C19H26N8O/c1-15-3-5-17(22-20-15)24-7-11-26(12-8-24)19(28)27-13-9-25(10-14-27)18-6-4-16(2)21-23-18/h3-6H,7-14H2,1-2H3. The average molecular weight is 382 g/mol. The van der Waals surface area contributed by atoms with Gasteiger partial charge in [0.1, 0.15) is 0 Å². The Balaban J connectivity index is 1.28. The van der Waals surface area contributed by atoms with Gasteiger partial charge in [-0.3, -0.25) is 0 Å². The molecule has 9 heteroatoms. The molecule has 0 aliphatic carbocycles. The number of hydrogen-bond acceptors (Lipinski definition) is 7. The van der Waals surface area contributed by atoms with E-state index in [1.165, 1.54) is 0 Å². The summed E-state index contributed by atoms with van der Waals surface area (Å²) in [5.74, 6) is 1.76. The Kier molecular flexibility index (Phi) is 5.23. The highest BCUT2D eigenvalue weighted by molar-refractivity contribution is 5.75. The highest BCUT2D eigenvalue weighted by Crippen LogP contribution is 2.16. The first-order valence-corrected chi connectivity index (χ1v) is 9.74. The number of nitrogens with zero attached hydrogens (tertiary/aromatic N) is 8. The summed E-state index contributed by atoms with van der Waals surface area (Å²) >= 11 is 0. The maximum absolute atomic E-state index is 12.9. The van der Waals surface area contributed by atoms with E-state index in [1.54, 1.807) is 0 Å². The zero-order chi connectivity index (χ0) is 19.5. The molecule has 4 rings (SSSR count). The molecule has 2 aliphatic heterocycles. The fourth-order valence-electron chi connectivity index (χ4n) is 3.57. The van der Waals surface area contributed by atoms with Crippen LogP contribution in [0.3, 0.4) is 0 Å². The third-order valence-corrected chi connectivity index (χ3v) is 5.32. The number of aryl methyl sites for hydroxylation is 2. The first kappa shape index (κ1) is 18.4. The predicted molar refractivity (Wildman–Crippen MR) is 107 cm³/mol. The second kappa shape index (κ2) is 7.95. The minimum Gasteiger partial charge on any atom is -0.352 e. The molecule has 0 N–H and O–H groups in total. The van der Waals surface area contributed by atoms with Crippen molar-refractivity contribution in [3.05, 3.63) is 35.7 Å². The van der Waals surface area contributed by atoms with Crippen molar-refractivity contribution in [3.63, 3.8) is 0 Å². The summed E-state index contributed by atoms with van der Waals surface area (Å²) < 4.78 is 0. The normalized spacial score (nSPS) is 17.8. The third kappa shape index (κ3) is 3.97. The van der Waals surface area contributed by atoms with Gasteiger partial charge in [-0.2, -0.15) is 10.2 Å². The molecule has 2 aliphatic rings. The minimum absolute atomic E-state index is 0.129. The number of urea groups is 1. The highest BCUT2D eigenvalue weighted by atomic mass is 16.2. The SMILES string of the molecule is Cc1ccc(N2CCN(C(=O)N3CCN(c4ccc(C)nn4)CC3)CC2)nn1. The number of carbonyl (C=O) groups excluding carboxylic acids is 1. The number of amides is 2. The van der Waals surface area contributed by atoms with Crippen LogP contribution in [-0.2, 0) is 0 Å². The van der Waals surface area contributed by atoms with Gasteiger partial charge in [0.25, 0.3) is 0 Å². The molecule has 2 fully saturated rings. The van der Waals surface area contributed by atoms with Crippen molar-refractivity contribution in [2.24, 2.45) is 0 Å². The lowest BCUT2D eigenvalue weighted by Crippen LogP contribution is -2.57. The fourth-order valence-corrected chi connectivity index (χ4v) is 3.57. The van der Waals surface area contributed by atoms with Crippen LogP contribution < -0.4 is 9.80 Å². The number of hydrogen-bond donors (Lipinski definition) is 0. The van der Waals surface area contributed by atoms with Crippen molar-refractivity contribution in [2.75, 3.05) is 62.2 Å². The van der Waals surface area contributed by atoms with Crippen LogP contribution in [0.2, 0.25) is 0 Å². The van der Waals surface area contributed by atoms with Crippen LogP contribution in [0.1, 0.15) is 11.4 Å². The lowest BCUT2D eigenvalue weighted by Gasteiger charge is -2.40. The smallest absolute Gasteiger partial charge is 0.320 e. The fraction of sp³-hybridized carbons (Fsp3) is 0.526. The second-order valence-corrected chi connectivity index (χ2v) is 7.30. The van der Waals surface area contributed by atoms with Gasteiger partial charge in [-0.25, -0.2) is 4.79 Å². The quantitative estimate of drug-likeness (QED) is 0.765. The zero-order valence-corrected chi connectivity index (χ0v) is 16.5. The molecule has 2 aromatic rings. The number of carbonyl (C=O) groups is 1. The Bertz CT molecular complexity index is 726. The van der Waals surface area contributed by atoms with Crippen molar-refractivity contribution in [2.45, 2.75) is 13.8 Å². The Hall–Kier alpha value is -2.97. The molecule has 2 aromatic heterocycles. The van der Waals surface area contributed by atoms with Gasteiger partial charge in [0, 0.05) is 52.4 Å². The van der Waals surface area contributed by atoms with Crippen LogP contribution in [0.4, 0.5) is 16.4 Å². The highest BCUT2D eigenvalue weighted by Gasteiger charge is 2.28. The molecule has 148 valence electrons. The molecule has 0 unspecified atom stereocenters. The summed E-state index contributed by atoms with van der Waals surface area (Å²) in [5.41, 5.74) is 1.82. The van der Waals surface area contributed by atoms with Crippen molar-refractivity contribution in [3.8, 4) is 0 Å². The van der Waals surface area contributed by atoms with E-state index < -0.39 is 0 Å². The van der Waals surface area contributed by atoms with Gasteiger partial charge in [0.2, 0.25) is 0 Å². The summed E-state index contributed by atoms with van der Waals surface area (Å²) in [4.78, 5) is 21.1. The number of anilines is 2. The van der Waals surface area contributed by atoms with Crippen molar-refractivity contribution in [1.82, 2.24) is 30.2 Å². The largest absolute Gasteiger partial charge is 0.352 e. The molecule has 2 saturated heterocycles. The average Bonchev–Trinajstić information content (AvgIpc) is 2.75. The summed E-state index contributed by atoms with van der Waals surface area (Å²) in [6, 6.07) is 8.06. The van der Waals surface area contributed by atoms with Gasteiger partial charge in [-0.15, -0.1) is 10.2 Å². The van der Waals surface area contributed by atoms with Gasteiger partial charge in [-0.05, 0) is 38.1 Å². The Labute approximate surface area is 165 Å². The second-order valence-electron chi connectivity index (χ2n) is 7.30. The van der Waals surface area contributed by atoms with Crippen LogP contribution in [-0.4, -0.2) is 88.6 Å². The van der Waals surface area contributed by atoms with Gasteiger partial charge in [0.05, 0.1) is 11.4 Å². The minimum atomic E-state index is 0.129. The van der Waals surface area contributed by atoms with Crippen molar-refractivity contribution < 1.29 is 4.79 Å². The molecular formula is C19H26N8O. The summed E-state index contributed by atoms with van der Waals surface area (Å²) in [7, 11) is 0. The van der Waals surface area contributed by atoms with Crippen LogP contribution in [0.25, 0.3) is 0 Å². The summed E-state index contributed by atoms with van der Waals surface area (Å²) in [5, 5.41) is 16.7. The van der Waals surface area contributed by atoms with Crippen LogP contribution in [0.5, 0.6) is 0 Å². The molecular weight excluding hydrogens is 356 g/mol. The maximum atomic E-state index is 12.9. The first-order valence-electron chi connectivity index (χ1n) is 9.74. The molecule has 0 aromatic carbocycles. The third-order valence-electron chi connectivity index (χ3n) is 5.32. The van der Waals surface area contributed by atoms with Crippen molar-refractivity contribution >= 4 is 17.7 Å². The van der Waals surface area contributed by atoms with Gasteiger partial charge in [-0.1, -0.05) is 0 Å². The van der Waals surface area contributed by atoms with Gasteiger partial charge >= 0.3 is 6.03 Å². The van der Waals surface area contributed by atoms with E-state index in [4.69, 9.17) is 0 Å². The monoisotopic (exact) mass is 382 g/mol. The van der Waals surface area contributed by atoms with Crippen LogP contribution >= 0.6 is 0 Å². The Morgan fingerprint density at radius 1 is 0.643 bits per heavy atom. The number of rotatable bonds is 2. The Morgan fingerprint density at radius 3 is 1.36 bits per heavy atom. The summed E-state index contributed by atoms with van der Waals surface area (Å²) in [6.45, 7) is 9.80. The lowest BCUT2D eigenvalue weighted by molar-refractivity contribution is 0.147. The van der Waals surface area contributed by atoms with Gasteiger partial charge in [0.15, 0.2) is 11.6 Å². The molecule has 0 atom stereocenters. The van der Waals surface area contributed by atoms with E-state index in [0.29, 0.717) is 26.2 Å². The van der Waals surface area contributed by atoms with E-state index in [9.17, 15) is 4.79 Å². The molecule has 4 heterocycles. The maximum Gasteiger partial charge on any atom is 0.320 e. The predicted octanol–water partition coefficient (Wildman–Crippen LogP) is 0.948. The van der Waals surface area contributed by atoms with E-state index in [-0.39, 0.29) is 6.03 Å². The molecule has 0 bridgehead atoms. The summed E-state index contributed by atoms with van der Waals surface area (Å²) in [6.07, 6.45) is 0.